The molecule has 2 atom stereocenters. The first-order valence-electron chi connectivity index (χ1n) is 17.9. The lowest BCUT2D eigenvalue weighted by molar-refractivity contribution is 0.301. The molecule has 0 aromatic heterocycles. The first-order valence-corrected chi connectivity index (χ1v) is 19.0. The first kappa shape index (κ1) is 33.2. The fraction of sp³-hybridized carbons (Fsp3) is 0.209. The topological polar surface area (TPSA) is 60.7 Å². The van der Waals surface area contributed by atoms with Crippen molar-refractivity contribution in [1.29, 1.82) is 0 Å². The molecule has 7 nitrogen and oxygen atoms in total. The van der Waals surface area contributed by atoms with Crippen molar-refractivity contribution in [2.75, 3.05) is 41.7 Å². The standard InChI is InChI=1S/C43H42IN7/c1-3-49(4-2)25-11-24-45-31-17-21-37-41(27-31)51(35-14-9-6-10-15-35)43-29-33(19-23-39(43)48-37)46-32-18-22-38-42(28-32)50(34-12-7-5-8-13-34)40-26-30(44)16-20-36(40)47-38/h5-10,12-23,26-29,38,42,46-47H,3-4,11,24-25H2,1-2H3. The minimum Gasteiger partial charge on any atom is -0.375 e. The largest absolute Gasteiger partial charge is 0.375 e. The van der Waals surface area contributed by atoms with Gasteiger partial charge in [-0.25, -0.2) is 4.98 Å². The van der Waals surface area contributed by atoms with Crippen LogP contribution in [-0.4, -0.2) is 52.7 Å². The molecule has 2 heterocycles. The molecule has 8 heteroatoms. The third-order valence-corrected chi connectivity index (χ3v) is 10.5. The van der Waals surface area contributed by atoms with Gasteiger partial charge in [0.1, 0.15) is 0 Å². The van der Waals surface area contributed by atoms with Gasteiger partial charge in [-0.2, -0.15) is 0 Å². The molecule has 4 aromatic rings. The lowest BCUT2D eigenvalue weighted by Crippen LogP contribution is -2.48. The Morgan fingerprint density at radius 2 is 1.65 bits per heavy atom. The molecule has 2 N–H and O–H groups in total. The van der Waals surface area contributed by atoms with E-state index in [1.807, 2.05) is 0 Å². The second-order valence-corrected chi connectivity index (χ2v) is 14.3. The lowest BCUT2D eigenvalue weighted by atomic mass is 9.94. The van der Waals surface area contributed by atoms with Gasteiger partial charge >= 0.3 is 0 Å². The van der Waals surface area contributed by atoms with Crippen molar-refractivity contribution < 1.29 is 0 Å². The molecule has 2 aliphatic heterocycles. The maximum atomic E-state index is 5.12. The van der Waals surface area contributed by atoms with Crippen LogP contribution in [0.15, 0.2) is 144 Å². The van der Waals surface area contributed by atoms with Crippen LogP contribution in [0.4, 0.5) is 22.7 Å². The zero-order chi connectivity index (χ0) is 34.7. The van der Waals surface area contributed by atoms with E-state index in [1.54, 1.807) is 0 Å². The number of nitrogens with one attached hydrogen (secondary N) is 2. The predicted octanol–water partition coefficient (Wildman–Crippen LogP) is 9.23. The summed E-state index contributed by atoms with van der Waals surface area (Å²) in [5.41, 5.74) is 10.6. The van der Waals surface area contributed by atoms with Crippen LogP contribution < -0.4 is 20.9 Å². The number of nitrogens with zero attached hydrogens (tertiary/aromatic N) is 5. The Hall–Kier alpha value is -4.93. The van der Waals surface area contributed by atoms with Crippen LogP contribution in [0.2, 0.25) is 0 Å². The number of anilines is 4. The van der Waals surface area contributed by atoms with Gasteiger partial charge in [0.25, 0.3) is 0 Å². The number of fused-ring (bicyclic) bond motifs is 4. The number of allylic oxidation sites excluding steroid dienone is 1. The zero-order valence-electron chi connectivity index (χ0n) is 29.0. The van der Waals surface area contributed by atoms with E-state index in [2.05, 4.69) is 195 Å². The molecule has 0 spiro atoms. The maximum Gasteiger partial charge on any atom is 0.0879 e. The van der Waals surface area contributed by atoms with Crippen LogP contribution in [-0.2, 0) is 0 Å². The van der Waals surface area contributed by atoms with Crippen LogP contribution in [0.5, 0.6) is 0 Å². The number of rotatable bonds is 10. The van der Waals surface area contributed by atoms with Gasteiger partial charge in [-0.05, 0) is 140 Å². The van der Waals surface area contributed by atoms with Crippen molar-refractivity contribution in [3.8, 4) is 17.1 Å². The smallest absolute Gasteiger partial charge is 0.0879 e. The molecule has 0 saturated carbocycles. The van der Waals surface area contributed by atoms with E-state index < -0.39 is 0 Å². The number of hydrogen-bond acceptors (Lipinski definition) is 6. The average molecular weight is 784 g/mol. The molecule has 4 aliphatic rings. The molecule has 51 heavy (non-hydrogen) atoms. The molecule has 0 radical (unpaired) electrons. The fourth-order valence-corrected chi connectivity index (χ4v) is 7.74. The Labute approximate surface area is 313 Å². The summed E-state index contributed by atoms with van der Waals surface area (Å²) in [5, 5.41) is 8.52. The van der Waals surface area contributed by atoms with Gasteiger partial charge in [-0.1, -0.05) is 56.3 Å². The second-order valence-electron chi connectivity index (χ2n) is 13.1. The second kappa shape index (κ2) is 14.7. The van der Waals surface area contributed by atoms with Gasteiger partial charge in [0.2, 0.25) is 0 Å². The third-order valence-electron chi connectivity index (χ3n) is 9.86. The van der Waals surface area contributed by atoms with E-state index in [1.165, 1.54) is 14.9 Å². The highest BCUT2D eigenvalue weighted by Gasteiger charge is 2.34. The number of halogens is 1. The zero-order valence-corrected chi connectivity index (χ0v) is 31.2. The molecule has 4 aromatic carbocycles. The van der Waals surface area contributed by atoms with Crippen molar-refractivity contribution in [3.05, 3.63) is 148 Å². The van der Waals surface area contributed by atoms with E-state index in [0.717, 1.165) is 83.1 Å². The Balaban J connectivity index is 1.16. The Morgan fingerprint density at radius 3 is 2.43 bits per heavy atom. The average Bonchev–Trinajstić information content (AvgIpc) is 3.17. The fourth-order valence-electron chi connectivity index (χ4n) is 7.26. The molecule has 256 valence electrons. The summed E-state index contributed by atoms with van der Waals surface area (Å²) in [6, 6.07) is 40.9. The summed E-state index contributed by atoms with van der Waals surface area (Å²) >= 11 is 2.40. The molecule has 8 rings (SSSR count). The minimum atomic E-state index is 0.0834. The Morgan fingerprint density at radius 1 is 0.863 bits per heavy atom. The molecule has 2 unspecified atom stereocenters. The van der Waals surface area contributed by atoms with Crippen LogP contribution >= 0.6 is 22.6 Å². The highest BCUT2D eigenvalue weighted by atomic mass is 127. The summed E-state index contributed by atoms with van der Waals surface area (Å²) < 4.78 is 3.53. The van der Waals surface area contributed by atoms with Gasteiger partial charge in [0, 0.05) is 32.9 Å². The molecular formula is C43H42IN7. The van der Waals surface area contributed by atoms with Crippen molar-refractivity contribution in [3.63, 3.8) is 0 Å². The molecule has 0 fully saturated rings. The van der Waals surface area contributed by atoms with Gasteiger partial charge < -0.3 is 25.0 Å². The summed E-state index contributed by atoms with van der Waals surface area (Å²) in [5.74, 6) is 0. The highest BCUT2D eigenvalue weighted by Crippen LogP contribution is 2.42. The minimum absolute atomic E-state index is 0.0834. The Bertz CT molecular complexity index is 2260. The van der Waals surface area contributed by atoms with Crippen molar-refractivity contribution in [2.24, 2.45) is 4.99 Å². The Kier molecular flexibility index (Phi) is 9.60. The van der Waals surface area contributed by atoms with Crippen LogP contribution in [0.1, 0.15) is 20.3 Å². The van der Waals surface area contributed by atoms with E-state index in [-0.39, 0.29) is 12.1 Å². The predicted molar refractivity (Wildman–Crippen MR) is 220 cm³/mol. The monoisotopic (exact) mass is 783 g/mol. The van der Waals surface area contributed by atoms with Gasteiger partial charge in [0.15, 0.2) is 0 Å². The molecule has 0 saturated heterocycles. The van der Waals surface area contributed by atoms with Crippen molar-refractivity contribution in [1.82, 2.24) is 14.5 Å². The van der Waals surface area contributed by atoms with E-state index in [4.69, 9.17) is 9.98 Å². The van der Waals surface area contributed by atoms with E-state index in [9.17, 15) is 0 Å². The number of benzene rings is 5. The highest BCUT2D eigenvalue weighted by molar-refractivity contribution is 14.1. The van der Waals surface area contributed by atoms with Gasteiger partial charge in [0.05, 0.1) is 51.2 Å². The number of para-hydroxylation sites is 2. The van der Waals surface area contributed by atoms with Crippen molar-refractivity contribution >= 4 is 56.4 Å². The lowest BCUT2D eigenvalue weighted by Gasteiger charge is -2.44. The summed E-state index contributed by atoms with van der Waals surface area (Å²) in [6.07, 6.45) is 7.85. The number of aromatic nitrogens is 2. The van der Waals surface area contributed by atoms with Gasteiger partial charge in [-0.3, -0.25) is 4.99 Å². The number of hydrogen-bond donors (Lipinski definition) is 2. The van der Waals surface area contributed by atoms with Crippen molar-refractivity contribution in [2.45, 2.75) is 32.4 Å². The molecule has 2 aliphatic carbocycles. The molecular weight excluding hydrogens is 741 g/mol. The molecule has 0 bridgehead atoms. The van der Waals surface area contributed by atoms with Crippen LogP contribution in [0, 0.1) is 3.57 Å². The molecule has 0 amide bonds. The van der Waals surface area contributed by atoms with Crippen LogP contribution in [0.3, 0.4) is 0 Å². The van der Waals surface area contributed by atoms with Crippen LogP contribution in [0.25, 0.3) is 28.1 Å². The summed E-state index contributed by atoms with van der Waals surface area (Å²) in [4.78, 5) is 15.0. The SMILES string of the molecule is CCN(CC)CCCN=c1ccc2nc3ccc(NC4=CC5C(C=C4)Nc4ccc(I)cc4N5c4ccccc4)cc3n(-c3ccccc3)c-2c1. The third kappa shape index (κ3) is 6.90. The maximum absolute atomic E-state index is 5.12. The normalized spacial score (nSPS) is 17.0. The first-order chi connectivity index (χ1) is 25.1. The van der Waals surface area contributed by atoms with E-state index >= 15 is 0 Å². The summed E-state index contributed by atoms with van der Waals surface area (Å²) in [7, 11) is 0. The van der Waals surface area contributed by atoms with Gasteiger partial charge in [-0.15, -0.1) is 0 Å². The quantitative estimate of drug-likeness (QED) is 0.0825. The van der Waals surface area contributed by atoms with E-state index in [0.29, 0.717) is 0 Å². The summed E-state index contributed by atoms with van der Waals surface area (Å²) in [6.45, 7) is 8.45.